The number of aryl methyl sites for hydroxylation is 1. The summed E-state index contributed by atoms with van der Waals surface area (Å²) in [4.78, 5) is 30.5. The van der Waals surface area contributed by atoms with Crippen LogP contribution in [0, 0.1) is 12.7 Å². The van der Waals surface area contributed by atoms with E-state index >= 15 is 0 Å². The number of halogens is 1. The van der Waals surface area contributed by atoms with Gasteiger partial charge in [0.15, 0.2) is 0 Å². The first-order chi connectivity index (χ1) is 18.1. The molecule has 2 aliphatic heterocycles. The molecule has 3 heterocycles. The van der Waals surface area contributed by atoms with Crippen LogP contribution in [0.4, 0.5) is 10.2 Å². The fraction of sp³-hybridized carbons (Fsp3) is 0.414. The number of hydrogen-bond donors (Lipinski definition) is 0. The van der Waals surface area contributed by atoms with Crippen LogP contribution in [0.2, 0.25) is 0 Å². The molecule has 1 atom stereocenters. The first-order valence-corrected chi connectivity index (χ1v) is 13.9. The average Bonchev–Trinajstić information content (AvgIpc) is 3.22. The maximum Gasteiger partial charge on any atom is 0.242 e. The van der Waals surface area contributed by atoms with Crippen LogP contribution in [0.3, 0.4) is 0 Å². The van der Waals surface area contributed by atoms with E-state index in [-0.39, 0.29) is 40.6 Å². The van der Waals surface area contributed by atoms with Crippen molar-refractivity contribution in [1.82, 2.24) is 14.7 Å². The smallest absolute Gasteiger partial charge is 0.242 e. The number of fused-ring (bicyclic) bond motifs is 1. The monoisotopic (exact) mass is 536 g/mol. The summed E-state index contributed by atoms with van der Waals surface area (Å²) in [5, 5.41) is 4.88. The van der Waals surface area contributed by atoms with Gasteiger partial charge in [-0.05, 0) is 36.8 Å². The number of amides is 2. The first kappa shape index (κ1) is 26.4. The average molecular weight is 537 g/mol. The maximum absolute atomic E-state index is 13.9. The van der Waals surface area contributed by atoms with E-state index < -0.39 is 0 Å². The van der Waals surface area contributed by atoms with Crippen molar-refractivity contribution >= 4 is 29.4 Å². The number of aromatic nitrogens is 2. The number of anilines is 1. The van der Waals surface area contributed by atoms with E-state index in [1.165, 1.54) is 12.1 Å². The third-order valence-corrected chi connectivity index (χ3v) is 8.13. The summed E-state index contributed by atoms with van der Waals surface area (Å²) >= 11 is 1.55. The Balaban J connectivity index is 1.73. The Labute approximate surface area is 226 Å². The second-order valence-corrected chi connectivity index (χ2v) is 11.9. The zero-order valence-electron chi connectivity index (χ0n) is 22.2. The van der Waals surface area contributed by atoms with Gasteiger partial charge in [-0.25, -0.2) is 9.07 Å². The lowest BCUT2D eigenvalue weighted by atomic mass is 9.87. The second-order valence-electron chi connectivity index (χ2n) is 10.8. The molecule has 0 spiro atoms. The van der Waals surface area contributed by atoms with E-state index in [1.54, 1.807) is 38.4 Å². The van der Waals surface area contributed by atoms with Gasteiger partial charge in [0.1, 0.15) is 18.2 Å². The molecule has 0 N–H and O–H groups in total. The van der Waals surface area contributed by atoms with Gasteiger partial charge in [-0.1, -0.05) is 50.6 Å². The van der Waals surface area contributed by atoms with Crippen LogP contribution in [-0.4, -0.2) is 65.1 Å². The Hall–Kier alpha value is -3.17. The molecule has 9 heteroatoms. The van der Waals surface area contributed by atoms with E-state index in [1.807, 2.05) is 6.07 Å². The molecule has 0 radical (unpaired) electrons. The highest BCUT2D eigenvalue weighted by atomic mass is 32.2. The molecule has 200 valence electrons. The molecule has 38 heavy (non-hydrogen) atoms. The van der Waals surface area contributed by atoms with Crippen molar-refractivity contribution in [2.45, 2.75) is 38.4 Å². The largest absolute Gasteiger partial charge is 0.378 e. The molecule has 1 aromatic heterocycles. The van der Waals surface area contributed by atoms with Crippen molar-refractivity contribution in [3.05, 3.63) is 76.7 Å². The molecule has 2 amide bonds. The van der Waals surface area contributed by atoms with E-state index in [0.29, 0.717) is 37.8 Å². The second kappa shape index (κ2) is 10.5. The van der Waals surface area contributed by atoms with Crippen molar-refractivity contribution in [3.63, 3.8) is 0 Å². The van der Waals surface area contributed by atoms with Crippen molar-refractivity contribution in [1.29, 1.82) is 0 Å². The Kier molecular flexibility index (Phi) is 7.33. The van der Waals surface area contributed by atoms with Gasteiger partial charge in [0.2, 0.25) is 11.8 Å². The highest BCUT2D eigenvalue weighted by Crippen LogP contribution is 2.48. The van der Waals surface area contributed by atoms with Crippen molar-refractivity contribution < 1.29 is 18.7 Å². The van der Waals surface area contributed by atoms with Gasteiger partial charge in [-0.15, -0.1) is 11.8 Å². The molecule has 1 saturated heterocycles. The van der Waals surface area contributed by atoms with Gasteiger partial charge in [0.05, 0.1) is 35.6 Å². The summed E-state index contributed by atoms with van der Waals surface area (Å²) in [6, 6.07) is 14.4. The van der Waals surface area contributed by atoms with Crippen LogP contribution in [-0.2, 0) is 19.7 Å². The third-order valence-electron chi connectivity index (χ3n) is 6.87. The predicted octanol–water partition coefficient (Wildman–Crippen LogP) is 4.65. The minimum Gasteiger partial charge on any atom is -0.378 e. The minimum atomic E-state index is -0.356. The summed E-state index contributed by atoms with van der Waals surface area (Å²) in [6.07, 6.45) is 0. The number of nitrogens with zero attached hydrogens (tertiary/aromatic N) is 4. The zero-order valence-corrected chi connectivity index (χ0v) is 23.1. The highest BCUT2D eigenvalue weighted by Gasteiger charge is 2.40. The van der Waals surface area contributed by atoms with Gasteiger partial charge in [-0.3, -0.25) is 14.5 Å². The first-order valence-electron chi connectivity index (χ1n) is 12.9. The molecule has 0 unspecified atom stereocenters. The third kappa shape index (κ3) is 5.22. The molecule has 2 aromatic carbocycles. The normalized spacial score (nSPS) is 18.3. The Morgan fingerprint density at radius 1 is 1.13 bits per heavy atom. The Morgan fingerprint density at radius 2 is 1.84 bits per heavy atom. The van der Waals surface area contributed by atoms with E-state index in [9.17, 15) is 14.0 Å². The van der Waals surface area contributed by atoms with Gasteiger partial charge in [0, 0.05) is 24.1 Å². The van der Waals surface area contributed by atoms with E-state index in [4.69, 9.17) is 9.84 Å². The minimum absolute atomic E-state index is 0.0938. The van der Waals surface area contributed by atoms with Gasteiger partial charge < -0.3 is 9.64 Å². The summed E-state index contributed by atoms with van der Waals surface area (Å²) in [5.41, 5.74) is 4.24. The Bertz CT molecular complexity index is 1340. The standard InChI is InChI=1S/C29H33FN4O3S/c1-19-6-5-7-20(16-19)26-25-27(29(2,3)4)31-34(22-10-8-21(30)9-11-22)28(25)33(24(36)18-38-26)17-23(35)32-12-14-37-15-13-32/h5-11,16,26H,12-15,17-18H2,1-4H3/t26-/m0/s1. The molecule has 7 nitrogen and oxygen atoms in total. The summed E-state index contributed by atoms with van der Waals surface area (Å²) < 4.78 is 21.0. The SMILES string of the molecule is Cc1cccc([C@@H]2SCC(=O)N(CC(=O)N3CCOCC3)c3c2c(C(C)(C)C)nn3-c2ccc(F)cc2)c1. The molecule has 0 bridgehead atoms. The number of morpholine rings is 1. The predicted molar refractivity (Wildman–Crippen MR) is 147 cm³/mol. The number of hydrogen-bond acceptors (Lipinski definition) is 5. The highest BCUT2D eigenvalue weighted by molar-refractivity contribution is 8.00. The summed E-state index contributed by atoms with van der Waals surface area (Å²) in [6.45, 7) is 10.2. The maximum atomic E-state index is 13.9. The number of benzene rings is 2. The van der Waals surface area contributed by atoms with Crippen LogP contribution in [0.1, 0.15) is 48.4 Å². The fourth-order valence-electron chi connectivity index (χ4n) is 4.98. The molecule has 2 aliphatic rings. The zero-order chi connectivity index (χ0) is 27.0. The van der Waals surface area contributed by atoms with Crippen LogP contribution >= 0.6 is 11.8 Å². The van der Waals surface area contributed by atoms with Crippen LogP contribution in [0.25, 0.3) is 5.69 Å². The quantitative estimate of drug-likeness (QED) is 0.486. The molecule has 0 saturated carbocycles. The molecular weight excluding hydrogens is 503 g/mol. The molecular formula is C29H33FN4O3S. The number of carbonyl (C=O) groups excluding carboxylic acids is 2. The molecule has 1 fully saturated rings. The lowest BCUT2D eigenvalue weighted by molar-refractivity contribution is -0.134. The molecule has 5 rings (SSSR count). The lowest BCUT2D eigenvalue weighted by Crippen LogP contribution is -2.48. The fourth-order valence-corrected chi connectivity index (χ4v) is 6.17. The van der Waals surface area contributed by atoms with E-state index in [0.717, 1.165) is 22.4 Å². The van der Waals surface area contributed by atoms with Gasteiger partial charge in [-0.2, -0.15) is 5.10 Å². The number of rotatable bonds is 4. The van der Waals surface area contributed by atoms with Crippen LogP contribution in [0.5, 0.6) is 0 Å². The Morgan fingerprint density at radius 3 is 2.50 bits per heavy atom. The topological polar surface area (TPSA) is 67.7 Å². The number of carbonyl (C=O) groups is 2. The van der Waals surface area contributed by atoms with Crippen molar-refractivity contribution in [2.75, 3.05) is 43.5 Å². The summed E-state index contributed by atoms with van der Waals surface area (Å²) in [5.74, 6) is 0.153. The van der Waals surface area contributed by atoms with Gasteiger partial charge >= 0.3 is 0 Å². The van der Waals surface area contributed by atoms with Crippen LogP contribution < -0.4 is 4.90 Å². The number of thioether (sulfide) groups is 1. The molecule has 0 aliphatic carbocycles. The van der Waals surface area contributed by atoms with E-state index in [2.05, 4.69) is 45.9 Å². The van der Waals surface area contributed by atoms with Crippen molar-refractivity contribution in [2.24, 2.45) is 0 Å². The van der Waals surface area contributed by atoms with Gasteiger partial charge in [0.25, 0.3) is 0 Å². The molecule has 3 aromatic rings. The van der Waals surface area contributed by atoms with Crippen molar-refractivity contribution in [3.8, 4) is 5.69 Å². The summed E-state index contributed by atoms with van der Waals surface area (Å²) in [7, 11) is 0. The lowest BCUT2D eigenvalue weighted by Gasteiger charge is -2.30. The van der Waals surface area contributed by atoms with Crippen LogP contribution in [0.15, 0.2) is 48.5 Å². The number of ether oxygens (including phenoxy) is 1.